The molecule has 1 aromatic carbocycles. The van der Waals surface area contributed by atoms with E-state index in [4.69, 9.17) is 23.2 Å². The molecule has 1 heterocycles. The van der Waals surface area contributed by atoms with E-state index in [-0.39, 0.29) is 17.9 Å². The number of nitrogens with zero attached hydrogens (tertiary/aromatic N) is 2. The summed E-state index contributed by atoms with van der Waals surface area (Å²) < 4.78 is 0. The number of amides is 2. The van der Waals surface area contributed by atoms with Gasteiger partial charge < -0.3 is 9.80 Å². The maximum absolute atomic E-state index is 12.3. The van der Waals surface area contributed by atoms with E-state index in [1.54, 1.807) is 43.3 Å². The minimum Gasteiger partial charge on any atom is -0.347 e. The van der Waals surface area contributed by atoms with E-state index in [2.05, 4.69) is 0 Å². The van der Waals surface area contributed by atoms with Gasteiger partial charge in [-0.2, -0.15) is 0 Å². The highest BCUT2D eigenvalue weighted by Gasteiger charge is 2.33. The predicted molar refractivity (Wildman–Crippen MR) is 88.9 cm³/mol. The van der Waals surface area contributed by atoms with Gasteiger partial charge in [0.2, 0.25) is 11.8 Å². The van der Waals surface area contributed by atoms with Crippen LogP contribution in [0, 0.1) is 0 Å². The number of hydrogen-bond donors (Lipinski definition) is 0. The highest BCUT2D eigenvalue weighted by Crippen LogP contribution is 2.23. The van der Waals surface area contributed by atoms with Crippen molar-refractivity contribution in [3.8, 4) is 0 Å². The Morgan fingerprint density at radius 3 is 2.68 bits per heavy atom. The van der Waals surface area contributed by atoms with Gasteiger partial charge in [0.05, 0.1) is 0 Å². The van der Waals surface area contributed by atoms with Gasteiger partial charge in [-0.05, 0) is 36.6 Å². The number of likely N-dealkylation sites (N-methyl/N-ethyl adjacent to an activating group) is 1. The lowest BCUT2D eigenvalue weighted by atomic mass is 10.2. The molecule has 0 spiro atoms. The van der Waals surface area contributed by atoms with E-state index in [9.17, 15) is 9.59 Å². The first kappa shape index (κ1) is 16.8. The number of likely N-dealkylation sites (tertiary alicyclic amines) is 1. The van der Waals surface area contributed by atoms with Gasteiger partial charge in [-0.25, -0.2) is 0 Å². The van der Waals surface area contributed by atoms with Crippen molar-refractivity contribution in [2.75, 3.05) is 20.6 Å². The largest absolute Gasteiger partial charge is 0.347 e. The molecule has 1 atom stereocenters. The van der Waals surface area contributed by atoms with Crippen LogP contribution in [-0.4, -0.2) is 48.3 Å². The molecule has 0 bridgehead atoms. The second-order valence-electron chi connectivity index (χ2n) is 5.42. The fraction of sp³-hybridized carbons (Fsp3) is 0.375. The Kier molecular flexibility index (Phi) is 5.48. The molecule has 1 fully saturated rings. The van der Waals surface area contributed by atoms with Gasteiger partial charge in [0.25, 0.3) is 0 Å². The Balaban J connectivity index is 2.11. The molecule has 0 aromatic heterocycles. The first-order valence-electron chi connectivity index (χ1n) is 7.05. The fourth-order valence-electron chi connectivity index (χ4n) is 2.48. The Bertz CT molecular complexity index is 614. The summed E-state index contributed by atoms with van der Waals surface area (Å²) in [5.74, 6) is -0.215. The summed E-state index contributed by atoms with van der Waals surface area (Å²) in [6.07, 6.45) is 4.65. The topological polar surface area (TPSA) is 40.6 Å². The van der Waals surface area contributed by atoms with Crippen LogP contribution in [0.15, 0.2) is 24.3 Å². The van der Waals surface area contributed by atoms with Gasteiger partial charge in [0, 0.05) is 36.8 Å². The van der Waals surface area contributed by atoms with E-state index in [0.717, 1.165) is 6.42 Å². The monoisotopic (exact) mass is 340 g/mol. The van der Waals surface area contributed by atoms with Crippen molar-refractivity contribution in [1.29, 1.82) is 0 Å². The zero-order valence-corrected chi connectivity index (χ0v) is 14.1. The van der Waals surface area contributed by atoms with Gasteiger partial charge >= 0.3 is 0 Å². The lowest BCUT2D eigenvalue weighted by Crippen LogP contribution is -2.44. The molecule has 1 aromatic rings. The molecule has 0 N–H and O–H groups in total. The third kappa shape index (κ3) is 3.81. The quantitative estimate of drug-likeness (QED) is 0.793. The number of rotatable bonds is 3. The number of carbonyl (C=O) groups excluding carboxylic acids is 2. The van der Waals surface area contributed by atoms with E-state index in [1.165, 1.54) is 11.0 Å². The highest BCUT2D eigenvalue weighted by molar-refractivity contribution is 6.35. The number of hydrogen-bond acceptors (Lipinski definition) is 2. The summed E-state index contributed by atoms with van der Waals surface area (Å²) >= 11 is 11.9. The maximum atomic E-state index is 12.3. The Labute approximate surface area is 140 Å². The van der Waals surface area contributed by atoms with Crippen molar-refractivity contribution < 1.29 is 9.59 Å². The Hall–Kier alpha value is -1.52. The maximum Gasteiger partial charge on any atom is 0.247 e. The molecule has 22 heavy (non-hydrogen) atoms. The van der Waals surface area contributed by atoms with Gasteiger partial charge in [-0.15, -0.1) is 0 Å². The SMILES string of the molecule is CN(C)C(=O)C1CCCN1C(=O)/C=C/c1ccc(Cl)cc1Cl. The van der Waals surface area contributed by atoms with Crippen LogP contribution >= 0.6 is 23.2 Å². The summed E-state index contributed by atoms with van der Waals surface area (Å²) in [4.78, 5) is 27.6. The normalized spacial score (nSPS) is 18.0. The molecular formula is C16H18Cl2N2O2. The lowest BCUT2D eigenvalue weighted by molar-refractivity contribution is -0.139. The van der Waals surface area contributed by atoms with Crippen molar-refractivity contribution in [1.82, 2.24) is 9.80 Å². The number of halogens is 2. The van der Waals surface area contributed by atoms with Crippen molar-refractivity contribution in [2.24, 2.45) is 0 Å². The van der Waals surface area contributed by atoms with Crippen LogP contribution in [0.2, 0.25) is 10.0 Å². The second-order valence-corrected chi connectivity index (χ2v) is 6.27. The zero-order valence-electron chi connectivity index (χ0n) is 12.6. The molecule has 1 aliphatic heterocycles. The third-order valence-corrected chi connectivity index (χ3v) is 4.19. The number of carbonyl (C=O) groups is 2. The van der Waals surface area contributed by atoms with Crippen LogP contribution in [0.5, 0.6) is 0 Å². The first-order chi connectivity index (χ1) is 10.4. The molecule has 0 aliphatic carbocycles. The average Bonchev–Trinajstić information content (AvgIpc) is 2.94. The lowest BCUT2D eigenvalue weighted by Gasteiger charge is -2.25. The van der Waals surface area contributed by atoms with Crippen molar-refractivity contribution in [3.63, 3.8) is 0 Å². The summed E-state index contributed by atoms with van der Waals surface area (Å²) in [5, 5.41) is 1.03. The van der Waals surface area contributed by atoms with E-state index < -0.39 is 0 Å². The summed E-state index contributed by atoms with van der Waals surface area (Å²) in [6, 6.07) is 4.72. The predicted octanol–water partition coefficient (Wildman–Crippen LogP) is 3.09. The Morgan fingerprint density at radius 2 is 2.05 bits per heavy atom. The first-order valence-corrected chi connectivity index (χ1v) is 7.80. The summed E-state index contributed by atoms with van der Waals surface area (Å²) in [6.45, 7) is 0.599. The van der Waals surface area contributed by atoms with Crippen molar-refractivity contribution in [2.45, 2.75) is 18.9 Å². The van der Waals surface area contributed by atoms with Gasteiger partial charge in [-0.3, -0.25) is 9.59 Å². The molecule has 0 saturated carbocycles. The highest BCUT2D eigenvalue weighted by atomic mass is 35.5. The molecular weight excluding hydrogens is 323 g/mol. The van der Waals surface area contributed by atoms with E-state index >= 15 is 0 Å². The molecule has 6 heteroatoms. The van der Waals surface area contributed by atoms with Crippen molar-refractivity contribution in [3.05, 3.63) is 39.9 Å². The minimum atomic E-state index is -0.368. The second kappa shape index (κ2) is 7.16. The van der Waals surface area contributed by atoms with Gasteiger partial charge in [0.15, 0.2) is 0 Å². The summed E-state index contributed by atoms with van der Waals surface area (Å²) in [7, 11) is 3.40. The molecule has 1 aliphatic rings. The van der Waals surface area contributed by atoms with Crippen LogP contribution < -0.4 is 0 Å². The van der Waals surface area contributed by atoms with Crippen LogP contribution in [-0.2, 0) is 9.59 Å². The molecule has 2 rings (SSSR count). The number of benzene rings is 1. The van der Waals surface area contributed by atoms with Crippen molar-refractivity contribution >= 4 is 41.1 Å². The molecule has 4 nitrogen and oxygen atoms in total. The van der Waals surface area contributed by atoms with E-state index in [0.29, 0.717) is 28.6 Å². The van der Waals surface area contributed by atoms with E-state index in [1.807, 2.05) is 0 Å². The molecule has 118 valence electrons. The Morgan fingerprint density at radius 1 is 1.32 bits per heavy atom. The van der Waals surface area contributed by atoms with Gasteiger partial charge in [0.1, 0.15) is 6.04 Å². The molecule has 0 radical (unpaired) electrons. The zero-order chi connectivity index (χ0) is 16.3. The average molecular weight is 341 g/mol. The molecule has 1 unspecified atom stereocenters. The van der Waals surface area contributed by atoms with Crippen LogP contribution in [0.3, 0.4) is 0 Å². The van der Waals surface area contributed by atoms with Crippen LogP contribution in [0.4, 0.5) is 0 Å². The van der Waals surface area contributed by atoms with Gasteiger partial charge in [-0.1, -0.05) is 29.3 Å². The minimum absolute atomic E-state index is 0.0382. The summed E-state index contributed by atoms with van der Waals surface area (Å²) in [5.41, 5.74) is 0.717. The molecule has 2 amide bonds. The van der Waals surface area contributed by atoms with Crippen LogP contribution in [0.25, 0.3) is 6.08 Å². The molecule has 1 saturated heterocycles. The smallest absolute Gasteiger partial charge is 0.247 e. The standard InChI is InChI=1S/C16H18Cl2N2O2/c1-19(2)16(22)14-4-3-9-20(14)15(21)8-6-11-5-7-12(17)10-13(11)18/h5-8,10,14H,3-4,9H2,1-2H3/b8-6+. The fourth-order valence-corrected chi connectivity index (χ4v) is 2.95. The van der Waals surface area contributed by atoms with Crippen LogP contribution in [0.1, 0.15) is 18.4 Å². The third-order valence-electron chi connectivity index (χ3n) is 3.63.